The van der Waals surface area contributed by atoms with E-state index in [4.69, 9.17) is 16.3 Å². The maximum atomic E-state index is 13.4. The van der Waals surface area contributed by atoms with E-state index in [0.29, 0.717) is 11.8 Å². The second-order valence-electron chi connectivity index (χ2n) is 7.26. The fraction of sp³-hybridized carbons (Fsp3) is 0.174. The van der Waals surface area contributed by atoms with Gasteiger partial charge in [0, 0.05) is 0 Å². The first-order valence-corrected chi connectivity index (χ1v) is 11.6. The number of carbonyl (C=O) groups excluding carboxylic acids is 1. The number of rotatable bonds is 7. The third-order valence-corrected chi connectivity index (χ3v) is 6.94. The van der Waals surface area contributed by atoms with Gasteiger partial charge in [-0.3, -0.25) is 9.10 Å². The first-order chi connectivity index (χ1) is 15.9. The number of alkyl halides is 3. The molecule has 0 heterocycles. The van der Waals surface area contributed by atoms with Crippen LogP contribution >= 0.6 is 11.6 Å². The highest BCUT2D eigenvalue weighted by atomic mass is 35.5. The summed E-state index contributed by atoms with van der Waals surface area (Å²) in [7, 11) is -2.78. The zero-order chi connectivity index (χ0) is 25.1. The molecular weight excluding hydrogens is 493 g/mol. The van der Waals surface area contributed by atoms with E-state index in [9.17, 15) is 26.4 Å². The van der Waals surface area contributed by atoms with Crippen molar-refractivity contribution in [2.45, 2.75) is 18.0 Å². The number of benzene rings is 3. The Morgan fingerprint density at radius 1 is 1.03 bits per heavy atom. The van der Waals surface area contributed by atoms with Crippen molar-refractivity contribution >= 4 is 38.9 Å². The molecule has 180 valence electrons. The summed E-state index contributed by atoms with van der Waals surface area (Å²) in [5.74, 6) is -0.434. The van der Waals surface area contributed by atoms with E-state index in [1.54, 1.807) is 12.1 Å². The van der Waals surface area contributed by atoms with Crippen LogP contribution in [0, 0.1) is 6.92 Å². The summed E-state index contributed by atoms with van der Waals surface area (Å²) in [5.41, 5.74) is -0.224. The number of halogens is 4. The predicted molar refractivity (Wildman–Crippen MR) is 124 cm³/mol. The van der Waals surface area contributed by atoms with Crippen LogP contribution < -0.4 is 14.4 Å². The molecule has 0 fully saturated rings. The molecule has 0 aromatic heterocycles. The van der Waals surface area contributed by atoms with Crippen LogP contribution in [0.4, 0.5) is 24.5 Å². The van der Waals surface area contributed by atoms with Gasteiger partial charge in [-0.25, -0.2) is 8.42 Å². The van der Waals surface area contributed by atoms with Crippen molar-refractivity contribution < 1.29 is 31.1 Å². The normalized spacial score (nSPS) is 11.7. The maximum Gasteiger partial charge on any atom is 0.416 e. The monoisotopic (exact) mass is 512 g/mol. The highest BCUT2D eigenvalue weighted by Gasteiger charge is 2.32. The van der Waals surface area contributed by atoms with Gasteiger partial charge in [-0.15, -0.1) is 0 Å². The summed E-state index contributed by atoms with van der Waals surface area (Å²) in [5, 5.41) is 2.16. The van der Waals surface area contributed by atoms with E-state index in [1.165, 1.54) is 43.5 Å². The van der Waals surface area contributed by atoms with Gasteiger partial charge in [0.25, 0.3) is 10.0 Å². The molecule has 0 saturated carbocycles. The number of hydrogen-bond acceptors (Lipinski definition) is 4. The van der Waals surface area contributed by atoms with Gasteiger partial charge in [-0.05, 0) is 61.5 Å². The van der Waals surface area contributed by atoms with Gasteiger partial charge in [-0.2, -0.15) is 13.2 Å². The van der Waals surface area contributed by atoms with Gasteiger partial charge in [0.2, 0.25) is 5.91 Å². The van der Waals surface area contributed by atoms with Gasteiger partial charge in [0.05, 0.1) is 34.0 Å². The fourth-order valence-corrected chi connectivity index (χ4v) is 4.60. The standard InChI is InChI=1S/C23H20ClF3N2O4S/c1-15-3-6-17(7-4-15)29(34(31,32)19-10-8-18(33-2)9-11-19)14-22(30)28-21-13-16(23(25,26)27)5-12-20(21)24/h3-13H,14H2,1-2H3,(H,28,30). The third kappa shape index (κ3) is 5.81. The second-order valence-corrected chi connectivity index (χ2v) is 9.53. The Hall–Kier alpha value is -3.24. The van der Waals surface area contributed by atoms with E-state index >= 15 is 0 Å². The minimum Gasteiger partial charge on any atom is -0.497 e. The van der Waals surface area contributed by atoms with Gasteiger partial charge in [0.1, 0.15) is 12.3 Å². The van der Waals surface area contributed by atoms with Crippen LogP contribution in [0.15, 0.2) is 71.6 Å². The predicted octanol–water partition coefficient (Wildman–Crippen LogP) is 5.51. The smallest absolute Gasteiger partial charge is 0.416 e. The van der Waals surface area contributed by atoms with Crippen LogP contribution in [0.1, 0.15) is 11.1 Å². The van der Waals surface area contributed by atoms with Crippen molar-refractivity contribution in [1.82, 2.24) is 0 Å². The molecule has 0 aliphatic heterocycles. The fourth-order valence-electron chi connectivity index (χ4n) is 3.02. The van der Waals surface area contributed by atoms with Gasteiger partial charge in [-0.1, -0.05) is 29.3 Å². The van der Waals surface area contributed by atoms with Crippen molar-refractivity contribution in [3.63, 3.8) is 0 Å². The maximum absolute atomic E-state index is 13.4. The van der Waals surface area contributed by atoms with E-state index in [0.717, 1.165) is 22.0 Å². The average molecular weight is 513 g/mol. The van der Waals surface area contributed by atoms with Gasteiger partial charge >= 0.3 is 6.18 Å². The Labute approximate surface area is 200 Å². The average Bonchev–Trinajstić information content (AvgIpc) is 2.79. The Kier molecular flexibility index (Phi) is 7.42. The lowest BCUT2D eigenvalue weighted by molar-refractivity contribution is -0.137. The Balaban J connectivity index is 1.95. The molecule has 0 saturated heterocycles. The van der Waals surface area contributed by atoms with Crippen molar-refractivity contribution in [1.29, 1.82) is 0 Å². The number of ether oxygens (including phenoxy) is 1. The highest BCUT2D eigenvalue weighted by Crippen LogP contribution is 2.34. The number of methoxy groups -OCH3 is 1. The lowest BCUT2D eigenvalue weighted by Crippen LogP contribution is -2.38. The lowest BCUT2D eigenvalue weighted by Gasteiger charge is -2.24. The number of aryl methyl sites for hydroxylation is 1. The zero-order valence-corrected chi connectivity index (χ0v) is 19.6. The summed E-state index contributed by atoms with van der Waals surface area (Å²) >= 11 is 5.95. The molecule has 0 bridgehead atoms. The molecular formula is C23H20ClF3N2O4S. The van der Waals surface area contributed by atoms with Crippen molar-refractivity contribution in [2.75, 3.05) is 23.3 Å². The number of nitrogens with zero attached hydrogens (tertiary/aromatic N) is 1. The minimum atomic E-state index is -4.64. The molecule has 1 N–H and O–H groups in total. The van der Waals surface area contributed by atoms with Gasteiger partial charge in [0.15, 0.2) is 0 Å². The van der Waals surface area contributed by atoms with E-state index in [-0.39, 0.29) is 21.3 Å². The largest absolute Gasteiger partial charge is 0.497 e. The molecule has 3 rings (SSSR count). The van der Waals surface area contributed by atoms with Crippen LogP contribution in [-0.2, 0) is 21.0 Å². The van der Waals surface area contributed by atoms with Crippen LogP contribution in [0.25, 0.3) is 0 Å². The number of hydrogen-bond donors (Lipinski definition) is 1. The van der Waals surface area contributed by atoms with Crippen LogP contribution in [-0.4, -0.2) is 28.0 Å². The molecule has 0 aliphatic carbocycles. The molecule has 0 aliphatic rings. The third-order valence-electron chi connectivity index (χ3n) is 4.82. The van der Waals surface area contributed by atoms with Crippen LogP contribution in [0.5, 0.6) is 5.75 Å². The highest BCUT2D eigenvalue weighted by molar-refractivity contribution is 7.92. The number of carbonyl (C=O) groups is 1. The molecule has 0 atom stereocenters. The van der Waals surface area contributed by atoms with Crippen molar-refractivity contribution in [3.8, 4) is 5.75 Å². The Bertz CT molecular complexity index is 1280. The molecule has 6 nitrogen and oxygen atoms in total. The van der Waals surface area contributed by atoms with E-state index < -0.39 is 34.2 Å². The molecule has 34 heavy (non-hydrogen) atoms. The number of nitrogens with one attached hydrogen (secondary N) is 1. The van der Waals surface area contributed by atoms with Gasteiger partial charge < -0.3 is 10.1 Å². The van der Waals surface area contributed by atoms with E-state index in [2.05, 4.69) is 5.32 Å². The number of sulfonamides is 1. The molecule has 0 unspecified atom stereocenters. The second kappa shape index (κ2) is 9.94. The zero-order valence-electron chi connectivity index (χ0n) is 18.1. The van der Waals surface area contributed by atoms with Crippen LogP contribution in [0.3, 0.4) is 0 Å². The first kappa shape index (κ1) is 25.4. The lowest BCUT2D eigenvalue weighted by atomic mass is 10.2. The number of anilines is 2. The van der Waals surface area contributed by atoms with E-state index in [1.807, 2.05) is 6.92 Å². The number of amides is 1. The summed E-state index contributed by atoms with van der Waals surface area (Å²) in [6, 6.07) is 14.5. The molecule has 1 amide bonds. The molecule has 0 radical (unpaired) electrons. The van der Waals surface area contributed by atoms with Crippen LogP contribution in [0.2, 0.25) is 5.02 Å². The minimum absolute atomic E-state index is 0.0984. The Morgan fingerprint density at radius 3 is 2.21 bits per heavy atom. The molecule has 11 heteroatoms. The summed E-state index contributed by atoms with van der Waals surface area (Å²) in [4.78, 5) is 12.7. The summed E-state index contributed by atoms with van der Waals surface area (Å²) in [6.07, 6.45) is -4.64. The Morgan fingerprint density at radius 2 is 1.65 bits per heavy atom. The first-order valence-electron chi connectivity index (χ1n) is 9.82. The SMILES string of the molecule is COc1ccc(S(=O)(=O)N(CC(=O)Nc2cc(C(F)(F)F)ccc2Cl)c2ccc(C)cc2)cc1. The summed E-state index contributed by atoms with van der Waals surface area (Å²) in [6.45, 7) is 1.11. The molecule has 3 aromatic carbocycles. The molecule has 0 spiro atoms. The quantitative estimate of drug-likeness (QED) is 0.453. The topological polar surface area (TPSA) is 75.7 Å². The molecule has 3 aromatic rings. The van der Waals surface area contributed by atoms with Crippen molar-refractivity contribution in [3.05, 3.63) is 82.9 Å². The summed E-state index contributed by atoms with van der Waals surface area (Å²) < 4.78 is 71.8. The van der Waals surface area contributed by atoms with Crippen molar-refractivity contribution in [2.24, 2.45) is 0 Å².